The predicted molar refractivity (Wildman–Crippen MR) is 72.2 cm³/mol. The van der Waals surface area contributed by atoms with Gasteiger partial charge >= 0.3 is 0 Å². The number of pyridine rings is 1. The van der Waals surface area contributed by atoms with Gasteiger partial charge in [0.05, 0.1) is 0 Å². The average molecular weight is 313 g/mol. The number of benzene rings is 1. The van der Waals surface area contributed by atoms with E-state index in [1.54, 1.807) is 18.5 Å². The van der Waals surface area contributed by atoms with Crippen molar-refractivity contribution in [2.24, 2.45) is 0 Å². The third kappa shape index (κ3) is 2.68. The standard InChI is InChI=1S/C13H11BrClNO/c1-8-4-5-16-7-11(8)13(17)10-3-2-9(14)6-12(10)15/h2-7,13,17H,1H3. The molecular weight excluding hydrogens is 302 g/mol. The van der Waals surface area contributed by atoms with E-state index in [-0.39, 0.29) is 0 Å². The lowest BCUT2D eigenvalue weighted by Gasteiger charge is -2.15. The summed E-state index contributed by atoms with van der Waals surface area (Å²) >= 11 is 9.45. The molecule has 2 nitrogen and oxygen atoms in total. The number of rotatable bonds is 2. The molecule has 17 heavy (non-hydrogen) atoms. The molecule has 0 aliphatic heterocycles. The van der Waals surface area contributed by atoms with Crippen LogP contribution in [0.2, 0.25) is 5.02 Å². The second-order valence-electron chi connectivity index (χ2n) is 3.80. The summed E-state index contributed by atoms with van der Waals surface area (Å²) in [6.07, 6.45) is 2.62. The highest BCUT2D eigenvalue weighted by Gasteiger charge is 2.16. The topological polar surface area (TPSA) is 33.1 Å². The van der Waals surface area contributed by atoms with E-state index in [0.29, 0.717) is 10.6 Å². The monoisotopic (exact) mass is 311 g/mol. The quantitative estimate of drug-likeness (QED) is 0.912. The summed E-state index contributed by atoms with van der Waals surface area (Å²) in [7, 11) is 0. The fourth-order valence-corrected chi connectivity index (χ4v) is 2.43. The fraction of sp³-hybridized carbons (Fsp3) is 0.154. The Bertz CT molecular complexity index is 545. The Balaban J connectivity index is 2.44. The third-order valence-corrected chi connectivity index (χ3v) is 3.45. The van der Waals surface area contributed by atoms with Crippen LogP contribution in [0.5, 0.6) is 0 Å². The van der Waals surface area contributed by atoms with Crippen LogP contribution >= 0.6 is 27.5 Å². The number of nitrogens with zero attached hydrogens (tertiary/aromatic N) is 1. The van der Waals surface area contributed by atoms with E-state index in [0.717, 1.165) is 15.6 Å². The molecule has 0 aliphatic rings. The second kappa shape index (κ2) is 5.17. The minimum absolute atomic E-state index is 0.537. The van der Waals surface area contributed by atoms with Gasteiger partial charge in [0.15, 0.2) is 0 Å². The van der Waals surface area contributed by atoms with Crippen LogP contribution < -0.4 is 0 Å². The van der Waals surface area contributed by atoms with E-state index in [2.05, 4.69) is 20.9 Å². The maximum atomic E-state index is 10.3. The molecule has 0 fully saturated rings. The van der Waals surface area contributed by atoms with Crippen molar-refractivity contribution >= 4 is 27.5 Å². The smallest absolute Gasteiger partial charge is 0.107 e. The van der Waals surface area contributed by atoms with E-state index in [4.69, 9.17) is 11.6 Å². The van der Waals surface area contributed by atoms with Gasteiger partial charge in [-0.3, -0.25) is 4.98 Å². The minimum atomic E-state index is -0.746. The molecule has 0 aliphatic carbocycles. The molecule has 0 saturated carbocycles. The number of aryl methyl sites for hydroxylation is 1. The van der Waals surface area contributed by atoms with Gasteiger partial charge in [-0.2, -0.15) is 0 Å². The van der Waals surface area contributed by atoms with Gasteiger partial charge in [-0.1, -0.05) is 33.6 Å². The molecule has 0 bridgehead atoms. The highest BCUT2D eigenvalue weighted by Crippen LogP contribution is 2.31. The summed E-state index contributed by atoms with van der Waals surface area (Å²) in [5, 5.41) is 10.8. The minimum Gasteiger partial charge on any atom is -0.384 e. The number of aromatic nitrogens is 1. The summed E-state index contributed by atoms with van der Waals surface area (Å²) < 4.78 is 0.890. The highest BCUT2D eigenvalue weighted by molar-refractivity contribution is 9.10. The lowest BCUT2D eigenvalue weighted by molar-refractivity contribution is 0.219. The maximum absolute atomic E-state index is 10.3. The number of hydrogen-bond donors (Lipinski definition) is 1. The first kappa shape index (κ1) is 12.6. The van der Waals surface area contributed by atoms with Crippen LogP contribution in [0.25, 0.3) is 0 Å². The van der Waals surface area contributed by atoms with Crippen LogP contribution in [0, 0.1) is 6.92 Å². The van der Waals surface area contributed by atoms with Gasteiger partial charge in [0.2, 0.25) is 0 Å². The molecule has 2 rings (SSSR count). The fourth-order valence-electron chi connectivity index (χ4n) is 1.65. The van der Waals surface area contributed by atoms with Crippen molar-refractivity contribution in [3.8, 4) is 0 Å². The summed E-state index contributed by atoms with van der Waals surface area (Å²) in [4.78, 5) is 4.03. The van der Waals surface area contributed by atoms with Crippen LogP contribution in [0.4, 0.5) is 0 Å². The first-order valence-electron chi connectivity index (χ1n) is 5.13. The molecule has 88 valence electrons. The highest BCUT2D eigenvalue weighted by atomic mass is 79.9. The molecule has 1 N–H and O–H groups in total. The second-order valence-corrected chi connectivity index (χ2v) is 5.12. The van der Waals surface area contributed by atoms with E-state index in [1.165, 1.54) is 0 Å². The van der Waals surface area contributed by atoms with Crippen molar-refractivity contribution in [2.75, 3.05) is 0 Å². The van der Waals surface area contributed by atoms with Crippen LogP contribution in [0.3, 0.4) is 0 Å². The molecule has 0 radical (unpaired) electrons. The van der Waals surface area contributed by atoms with Gasteiger partial charge in [-0.25, -0.2) is 0 Å². The number of halogens is 2. The van der Waals surface area contributed by atoms with E-state index in [9.17, 15) is 5.11 Å². The molecule has 4 heteroatoms. The zero-order valence-corrected chi connectivity index (χ0v) is 11.5. The van der Waals surface area contributed by atoms with Crippen molar-refractivity contribution in [3.63, 3.8) is 0 Å². The average Bonchev–Trinajstić information content (AvgIpc) is 2.29. The lowest BCUT2D eigenvalue weighted by atomic mass is 9.99. The van der Waals surface area contributed by atoms with Gasteiger partial charge < -0.3 is 5.11 Å². The number of aliphatic hydroxyl groups is 1. The third-order valence-electron chi connectivity index (χ3n) is 2.63. The van der Waals surface area contributed by atoms with Crippen molar-refractivity contribution in [2.45, 2.75) is 13.0 Å². The number of hydrogen-bond acceptors (Lipinski definition) is 2. The van der Waals surface area contributed by atoms with Crippen molar-refractivity contribution in [3.05, 3.63) is 62.8 Å². The Morgan fingerprint density at radius 3 is 2.71 bits per heavy atom. The predicted octanol–water partition coefficient (Wildman–Crippen LogP) is 3.89. The van der Waals surface area contributed by atoms with Crippen LogP contribution in [0.1, 0.15) is 22.8 Å². The molecule has 1 atom stereocenters. The lowest BCUT2D eigenvalue weighted by Crippen LogP contribution is -2.03. The van der Waals surface area contributed by atoms with E-state index < -0.39 is 6.10 Å². The molecule has 1 heterocycles. The van der Waals surface area contributed by atoms with Gasteiger partial charge in [0.25, 0.3) is 0 Å². The molecule has 1 aromatic carbocycles. The van der Waals surface area contributed by atoms with E-state index >= 15 is 0 Å². The van der Waals surface area contributed by atoms with Gasteiger partial charge in [-0.15, -0.1) is 0 Å². The van der Waals surface area contributed by atoms with Crippen LogP contribution in [0.15, 0.2) is 41.1 Å². The molecule has 2 aromatic rings. The van der Waals surface area contributed by atoms with Crippen molar-refractivity contribution < 1.29 is 5.11 Å². The summed E-state index contributed by atoms with van der Waals surface area (Å²) in [6, 6.07) is 7.30. The summed E-state index contributed by atoms with van der Waals surface area (Å²) in [5.41, 5.74) is 2.45. The molecule has 0 spiro atoms. The van der Waals surface area contributed by atoms with Crippen LogP contribution in [-0.4, -0.2) is 10.1 Å². The largest absolute Gasteiger partial charge is 0.384 e. The zero-order chi connectivity index (χ0) is 12.4. The molecule has 1 aromatic heterocycles. The Morgan fingerprint density at radius 1 is 1.29 bits per heavy atom. The van der Waals surface area contributed by atoms with Crippen LogP contribution in [-0.2, 0) is 0 Å². The van der Waals surface area contributed by atoms with Crippen molar-refractivity contribution in [1.82, 2.24) is 4.98 Å². The molecule has 0 amide bonds. The van der Waals surface area contributed by atoms with Gasteiger partial charge in [0.1, 0.15) is 6.10 Å². The Labute approximate surface area is 113 Å². The summed E-state index contributed by atoms with van der Waals surface area (Å²) in [5.74, 6) is 0. The Hall–Kier alpha value is -0.900. The molecular formula is C13H11BrClNO. The molecule has 0 saturated heterocycles. The summed E-state index contributed by atoms with van der Waals surface area (Å²) in [6.45, 7) is 1.94. The van der Waals surface area contributed by atoms with Gasteiger partial charge in [0, 0.05) is 33.0 Å². The molecule has 1 unspecified atom stereocenters. The first-order valence-corrected chi connectivity index (χ1v) is 6.30. The van der Waals surface area contributed by atoms with E-state index in [1.807, 2.05) is 25.1 Å². The Morgan fingerprint density at radius 2 is 2.06 bits per heavy atom. The first-order chi connectivity index (χ1) is 8.09. The Kier molecular flexibility index (Phi) is 3.82. The zero-order valence-electron chi connectivity index (χ0n) is 9.19. The van der Waals surface area contributed by atoms with Gasteiger partial charge in [-0.05, 0) is 30.7 Å². The normalized spacial score (nSPS) is 12.5. The van der Waals surface area contributed by atoms with Crippen molar-refractivity contribution in [1.29, 1.82) is 0 Å². The maximum Gasteiger partial charge on any atom is 0.107 e. The number of aliphatic hydroxyl groups excluding tert-OH is 1. The SMILES string of the molecule is Cc1ccncc1C(O)c1ccc(Br)cc1Cl.